The Bertz CT molecular complexity index is 958. The van der Waals surface area contributed by atoms with E-state index in [-0.39, 0.29) is 23.0 Å². The van der Waals surface area contributed by atoms with Gasteiger partial charge in [-0.05, 0) is 56.5 Å². The molecule has 2 aromatic rings. The predicted octanol–water partition coefficient (Wildman–Crippen LogP) is 4.01. The number of hydrogen-bond acceptors (Lipinski definition) is 3. The Balaban J connectivity index is 1.74. The van der Waals surface area contributed by atoms with E-state index in [4.69, 9.17) is 0 Å². The molecule has 3 rings (SSSR count). The van der Waals surface area contributed by atoms with E-state index in [1.54, 1.807) is 43.3 Å². The van der Waals surface area contributed by atoms with E-state index in [2.05, 4.69) is 5.32 Å². The first-order valence-corrected chi connectivity index (χ1v) is 10.9. The summed E-state index contributed by atoms with van der Waals surface area (Å²) in [5.74, 6) is -0.710. The fraction of sp³-hybridized carbons (Fsp3) is 0.381. The van der Waals surface area contributed by atoms with Crippen LogP contribution in [0.5, 0.6) is 0 Å². The van der Waals surface area contributed by atoms with Crippen LogP contribution in [0, 0.1) is 19.7 Å². The predicted molar refractivity (Wildman–Crippen MR) is 107 cm³/mol. The van der Waals surface area contributed by atoms with Crippen molar-refractivity contribution in [2.45, 2.75) is 50.5 Å². The van der Waals surface area contributed by atoms with Gasteiger partial charge in [-0.2, -0.15) is 4.31 Å². The van der Waals surface area contributed by atoms with Crippen molar-refractivity contribution in [3.05, 3.63) is 59.4 Å². The van der Waals surface area contributed by atoms with Crippen molar-refractivity contribution >= 4 is 21.6 Å². The molecule has 1 heterocycles. The number of amides is 1. The number of anilines is 1. The highest BCUT2D eigenvalue weighted by Gasteiger charge is 2.34. The van der Waals surface area contributed by atoms with Crippen LogP contribution in [0.15, 0.2) is 47.4 Å². The van der Waals surface area contributed by atoms with Gasteiger partial charge in [0.1, 0.15) is 5.82 Å². The minimum atomic E-state index is -3.67. The molecule has 28 heavy (non-hydrogen) atoms. The van der Waals surface area contributed by atoms with Crippen LogP contribution in [0.25, 0.3) is 0 Å². The number of aryl methyl sites for hydroxylation is 2. The first-order chi connectivity index (χ1) is 13.3. The van der Waals surface area contributed by atoms with Gasteiger partial charge in [-0.15, -0.1) is 0 Å². The van der Waals surface area contributed by atoms with E-state index in [9.17, 15) is 17.6 Å². The van der Waals surface area contributed by atoms with Gasteiger partial charge in [0.05, 0.1) is 4.90 Å². The summed E-state index contributed by atoms with van der Waals surface area (Å²) in [4.78, 5) is 12.7. The highest BCUT2D eigenvalue weighted by Crippen LogP contribution is 2.27. The number of nitrogens with zero attached hydrogens (tertiary/aromatic N) is 1. The van der Waals surface area contributed by atoms with Crippen LogP contribution < -0.4 is 5.32 Å². The molecule has 1 atom stereocenters. The SMILES string of the molecule is Cc1ccc(S(=O)(=O)N2CCCCC2CC(=O)Nc2ccc(C)c(F)c2)cc1. The van der Waals surface area contributed by atoms with Crippen molar-refractivity contribution in [1.82, 2.24) is 4.31 Å². The molecular formula is C21H25FN2O3S. The van der Waals surface area contributed by atoms with Crippen molar-refractivity contribution in [3.8, 4) is 0 Å². The van der Waals surface area contributed by atoms with Crippen molar-refractivity contribution in [3.63, 3.8) is 0 Å². The monoisotopic (exact) mass is 404 g/mol. The van der Waals surface area contributed by atoms with E-state index in [0.717, 1.165) is 18.4 Å². The summed E-state index contributed by atoms with van der Waals surface area (Å²) < 4.78 is 41.3. The minimum Gasteiger partial charge on any atom is -0.326 e. The van der Waals surface area contributed by atoms with E-state index >= 15 is 0 Å². The van der Waals surface area contributed by atoms with E-state index < -0.39 is 16.1 Å². The third kappa shape index (κ3) is 4.59. The van der Waals surface area contributed by atoms with Crippen LogP contribution in [-0.4, -0.2) is 31.2 Å². The molecule has 1 aliphatic rings. The highest BCUT2D eigenvalue weighted by atomic mass is 32.2. The van der Waals surface area contributed by atoms with E-state index in [0.29, 0.717) is 24.2 Å². The fourth-order valence-corrected chi connectivity index (χ4v) is 5.13. The van der Waals surface area contributed by atoms with Crippen LogP contribution >= 0.6 is 0 Å². The molecule has 7 heteroatoms. The average molecular weight is 405 g/mol. The Morgan fingerprint density at radius 3 is 2.54 bits per heavy atom. The van der Waals surface area contributed by atoms with Crippen LogP contribution in [0.2, 0.25) is 0 Å². The number of nitrogens with one attached hydrogen (secondary N) is 1. The number of benzene rings is 2. The zero-order chi connectivity index (χ0) is 20.3. The molecule has 150 valence electrons. The van der Waals surface area contributed by atoms with Crippen molar-refractivity contribution < 1.29 is 17.6 Å². The smallest absolute Gasteiger partial charge is 0.243 e. The molecule has 0 bridgehead atoms. The Labute approximate surface area is 165 Å². The number of rotatable bonds is 5. The maximum Gasteiger partial charge on any atom is 0.243 e. The Hall–Kier alpha value is -2.25. The summed E-state index contributed by atoms with van der Waals surface area (Å²) in [5.41, 5.74) is 1.86. The van der Waals surface area contributed by atoms with Gasteiger partial charge in [0, 0.05) is 24.7 Å². The molecule has 1 amide bonds. The van der Waals surface area contributed by atoms with Crippen molar-refractivity contribution in [2.75, 3.05) is 11.9 Å². The fourth-order valence-electron chi connectivity index (χ4n) is 3.44. The van der Waals surface area contributed by atoms with E-state index in [1.807, 2.05) is 6.92 Å². The number of piperidine rings is 1. The lowest BCUT2D eigenvalue weighted by Crippen LogP contribution is -2.45. The van der Waals surface area contributed by atoms with Gasteiger partial charge in [0.2, 0.25) is 15.9 Å². The molecule has 2 aromatic carbocycles. The summed E-state index contributed by atoms with van der Waals surface area (Å²) in [6.45, 7) is 3.95. The maximum absolute atomic E-state index is 13.7. The summed E-state index contributed by atoms with van der Waals surface area (Å²) in [6, 6.07) is 10.8. The van der Waals surface area contributed by atoms with Crippen molar-refractivity contribution in [1.29, 1.82) is 0 Å². The van der Waals surface area contributed by atoms with Crippen molar-refractivity contribution in [2.24, 2.45) is 0 Å². The lowest BCUT2D eigenvalue weighted by Gasteiger charge is -2.34. The summed E-state index contributed by atoms with van der Waals surface area (Å²) in [5, 5.41) is 2.68. The number of carbonyl (C=O) groups is 1. The van der Waals surface area contributed by atoms with Gasteiger partial charge in [-0.3, -0.25) is 4.79 Å². The Kier molecular flexibility index (Phi) is 6.15. The Morgan fingerprint density at radius 2 is 1.86 bits per heavy atom. The molecular weight excluding hydrogens is 379 g/mol. The molecule has 1 unspecified atom stereocenters. The second-order valence-electron chi connectivity index (χ2n) is 7.29. The van der Waals surface area contributed by atoms with Crippen LogP contribution in [0.3, 0.4) is 0 Å². The molecule has 5 nitrogen and oxygen atoms in total. The number of hydrogen-bond donors (Lipinski definition) is 1. The Morgan fingerprint density at radius 1 is 1.14 bits per heavy atom. The van der Waals surface area contributed by atoms with Crippen LogP contribution in [-0.2, 0) is 14.8 Å². The van der Waals surface area contributed by atoms with Gasteiger partial charge in [-0.25, -0.2) is 12.8 Å². The topological polar surface area (TPSA) is 66.5 Å². The minimum absolute atomic E-state index is 0.0422. The second kappa shape index (κ2) is 8.41. The van der Waals surface area contributed by atoms with Crippen LogP contribution in [0.1, 0.15) is 36.8 Å². The molecule has 1 saturated heterocycles. The standard InChI is InChI=1S/C21H25FN2O3S/c1-15-6-10-19(11-7-15)28(26,27)24-12-4-3-5-18(24)14-21(25)23-17-9-8-16(2)20(22)13-17/h6-11,13,18H,3-5,12,14H2,1-2H3,(H,23,25). The zero-order valence-corrected chi connectivity index (χ0v) is 16.9. The van der Waals surface area contributed by atoms with Gasteiger partial charge in [0.25, 0.3) is 0 Å². The normalized spacial score (nSPS) is 18.0. The van der Waals surface area contributed by atoms with Gasteiger partial charge < -0.3 is 5.32 Å². The molecule has 0 aromatic heterocycles. The average Bonchev–Trinajstić information content (AvgIpc) is 2.65. The van der Waals surface area contributed by atoms with Crippen LogP contribution in [0.4, 0.5) is 10.1 Å². The maximum atomic E-state index is 13.7. The molecule has 0 aliphatic carbocycles. The third-order valence-electron chi connectivity index (χ3n) is 5.08. The highest BCUT2D eigenvalue weighted by molar-refractivity contribution is 7.89. The van der Waals surface area contributed by atoms with Gasteiger partial charge in [0.15, 0.2) is 0 Å². The summed E-state index contributed by atoms with van der Waals surface area (Å²) in [7, 11) is -3.67. The quantitative estimate of drug-likeness (QED) is 0.819. The number of sulfonamides is 1. The molecule has 0 saturated carbocycles. The largest absolute Gasteiger partial charge is 0.326 e. The zero-order valence-electron chi connectivity index (χ0n) is 16.1. The molecule has 0 spiro atoms. The number of halogens is 1. The number of carbonyl (C=O) groups excluding carboxylic acids is 1. The lowest BCUT2D eigenvalue weighted by molar-refractivity contribution is -0.117. The van der Waals surface area contributed by atoms with Gasteiger partial charge in [-0.1, -0.05) is 30.2 Å². The molecule has 1 fully saturated rings. The summed E-state index contributed by atoms with van der Waals surface area (Å²) >= 11 is 0. The molecule has 1 N–H and O–H groups in total. The lowest BCUT2D eigenvalue weighted by atomic mass is 10.0. The summed E-state index contributed by atoms with van der Waals surface area (Å²) in [6.07, 6.45) is 2.31. The van der Waals surface area contributed by atoms with E-state index in [1.165, 1.54) is 10.4 Å². The third-order valence-corrected chi connectivity index (χ3v) is 7.04. The first-order valence-electron chi connectivity index (χ1n) is 9.42. The molecule has 1 aliphatic heterocycles. The molecule has 0 radical (unpaired) electrons. The first kappa shape index (κ1) is 20.5. The van der Waals surface area contributed by atoms with Gasteiger partial charge >= 0.3 is 0 Å². The second-order valence-corrected chi connectivity index (χ2v) is 9.19.